The molecule has 0 aromatic rings. The van der Waals surface area contributed by atoms with Crippen LogP contribution in [0.1, 0.15) is 40.5 Å². The second kappa shape index (κ2) is 6.37. The first kappa shape index (κ1) is 16.0. The molecular formula is C14H26N2O3. The van der Waals surface area contributed by atoms with E-state index < -0.39 is 11.4 Å². The highest BCUT2D eigenvalue weighted by atomic mass is 16.4. The van der Waals surface area contributed by atoms with Crippen molar-refractivity contribution in [3.8, 4) is 0 Å². The van der Waals surface area contributed by atoms with Crippen LogP contribution in [0.2, 0.25) is 0 Å². The molecule has 0 saturated carbocycles. The maximum atomic E-state index is 12.1. The van der Waals surface area contributed by atoms with Gasteiger partial charge in [0.2, 0.25) is 5.91 Å². The molecule has 0 aromatic carbocycles. The number of hydrogen-bond donors (Lipinski definition) is 2. The van der Waals surface area contributed by atoms with Gasteiger partial charge in [0.05, 0.1) is 5.41 Å². The number of amides is 1. The molecule has 0 radical (unpaired) electrons. The van der Waals surface area contributed by atoms with Gasteiger partial charge in [0.25, 0.3) is 0 Å². The van der Waals surface area contributed by atoms with Gasteiger partial charge in [0, 0.05) is 32.1 Å². The van der Waals surface area contributed by atoms with E-state index in [2.05, 4.69) is 5.32 Å². The molecule has 0 aliphatic carbocycles. The third-order valence-electron chi connectivity index (χ3n) is 4.08. The summed E-state index contributed by atoms with van der Waals surface area (Å²) >= 11 is 0. The van der Waals surface area contributed by atoms with Crippen molar-refractivity contribution < 1.29 is 14.7 Å². The fourth-order valence-electron chi connectivity index (χ4n) is 2.56. The van der Waals surface area contributed by atoms with E-state index in [4.69, 9.17) is 0 Å². The number of carboxylic acids is 1. The lowest BCUT2D eigenvalue weighted by Crippen LogP contribution is -2.41. The number of likely N-dealkylation sites (tertiary alicyclic amines) is 1. The number of nitrogens with zero attached hydrogens (tertiary/aromatic N) is 1. The van der Waals surface area contributed by atoms with Gasteiger partial charge in [-0.2, -0.15) is 0 Å². The summed E-state index contributed by atoms with van der Waals surface area (Å²) in [6.45, 7) is 9.47. The van der Waals surface area contributed by atoms with Crippen LogP contribution in [0.4, 0.5) is 0 Å². The molecule has 5 heteroatoms. The molecule has 0 spiro atoms. The van der Waals surface area contributed by atoms with Crippen LogP contribution in [-0.2, 0) is 9.59 Å². The smallest absolute Gasteiger partial charge is 0.311 e. The minimum atomic E-state index is -0.780. The van der Waals surface area contributed by atoms with E-state index in [9.17, 15) is 14.7 Å². The summed E-state index contributed by atoms with van der Waals surface area (Å²) in [6.07, 6.45) is 0.995. The van der Waals surface area contributed by atoms with Crippen molar-refractivity contribution >= 4 is 11.9 Å². The molecule has 1 rings (SSSR count). The topological polar surface area (TPSA) is 69.6 Å². The van der Waals surface area contributed by atoms with Crippen LogP contribution in [0.3, 0.4) is 0 Å². The van der Waals surface area contributed by atoms with Gasteiger partial charge >= 0.3 is 5.97 Å². The predicted molar refractivity (Wildman–Crippen MR) is 73.9 cm³/mol. The number of carbonyl (C=O) groups excluding carboxylic acids is 1. The Morgan fingerprint density at radius 3 is 2.37 bits per heavy atom. The molecular weight excluding hydrogens is 244 g/mol. The molecule has 5 nitrogen and oxygen atoms in total. The summed E-state index contributed by atoms with van der Waals surface area (Å²) in [4.78, 5) is 25.2. The second-order valence-electron chi connectivity index (χ2n) is 6.04. The minimum Gasteiger partial charge on any atom is -0.481 e. The van der Waals surface area contributed by atoms with Crippen molar-refractivity contribution in [2.45, 2.75) is 46.6 Å². The summed E-state index contributed by atoms with van der Waals surface area (Å²) in [5, 5.41) is 12.6. The molecule has 1 unspecified atom stereocenters. The molecule has 1 fully saturated rings. The average molecular weight is 270 g/mol. The lowest BCUT2D eigenvalue weighted by Gasteiger charge is -2.28. The lowest BCUT2D eigenvalue weighted by molar-refractivity contribution is -0.151. The summed E-state index contributed by atoms with van der Waals surface area (Å²) in [6, 6.07) is 0.361. The maximum Gasteiger partial charge on any atom is 0.311 e. The first-order valence-electron chi connectivity index (χ1n) is 7.04. The summed E-state index contributed by atoms with van der Waals surface area (Å²) in [5.74, 6) is -0.688. The predicted octanol–water partition coefficient (Wildman–Crippen LogP) is 1.33. The van der Waals surface area contributed by atoms with E-state index in [0.717, 1.165) is 0 Å². The Morgan fingerprint density at radius 2 is 1.95 bits per heavy atom. The van der Waals surface area contributed by atoms with Crippen LogP contribution in [0.25, 0.3) is 0 Å². The van der Waals surface area contributed by atoms with Gasteiger partial charge < -0.3 is 15.3 Å². The van der Waals surface area contributed by atoms with Crippen molar-refractivity contribution in [2.75, 3.05) is 19.6 Å². The monoisotopic (exact) mass is 270 g/mol. The first-order chi connectivity index (χ1) is 8.79. The van der Waals surface area contributed by atoms with Gasteiger partial charge in [-0.1, -0.05) is 27.7 Å². The number of carbonyl (C=O) groups is 2. The van der Waals surface area contributed by atoms with E-state index in [1.54, 1.807) is 4.90 Å². The Morgan fingerprint density at radius 1 is 1.32 bits per heavy atom. The average Bonchev–Trinajstić information content (AvgIpc) is 2.74. The zero-order valence-corrected chi connectivity index (χ0v) is 12.4. The normalized spacial score (nSPS) is 23.4. The fourth-order valence-corrected chi connectivity index (χ4v) is 2.56. The molecule has 0 aromatic heterocycles. The van der Waals surface area contributed by atoms with Crippen molar-refractivity contribution in [3.63, 3.8) is 0 Å². The minimum absolute atomic E-state index is 0.0385. The Bertz CT molecular complexity index is 342. The second-order valence-corrected chi connectivity index (χ2v) is 6.04. The molecule has 1 atom stereocenters. The van der Waals surface area contributed by atoms with Crippen LogP contribution in [0, 0.1) is 11.3 Å². The van der Waals surface area contributed by atoms with Crippen LogP contribution < -0.4 is 5.32 Å². The highest BCUT2D eigenvalue weighted by Crippen LogP contribution is 2.38. The van der Waals surface area contributed by atoms with Gasteiger partial charge in [0.1, 0.15) is 0 Å². The quantitative estimate of drug-likeness (QED) is 0.764. The number of rotatable bonds is 6. The van der Waals surface area contributed by atoms with Gasteiger partial charge in [-0.15, -0.1) is 0 Å². The van der Waals surface area contributed by atoms with Crippen molar-refractivity contribution in [2.24, 2.45) is 11.3 Å². The Hall–Kier alpha value is -1.10. The third kappa shape index (κ3) is 3.69. The van der Waals surface area contributed by atoms with E-state index >= 15 is 0 Å². The van der Waals surface area contributed by atoms with E-state index in [-0.39, 0.29) is 11.8 Å². The zero-order chi connectivity index (χ0) is 14.6. The van der Waals surface area contributed by atoms with Crippen molar-refractivity contribution in [3.05, 3.63) is 0 Å². The maximum absolute atomic E-state index is 12.1. The Kier molecular flexibility index (Phi) is 5.35. The number of hydrogen-bond acceptors (Lipinski definition) is 3. The van der Waals surface area contributed by atoms with E-state index in [0.29, 0.717) is 38.5 Å². The zero-order valence-electron chi connectivity index (χ0n) is 12.4. The van der Waals surface area contributed by atoms with Crippen LogP contribution in [0.5, 0.6) is 0 Å². The van der Waals surface area contributed by atoms with Crippen molar-refractivity contribution in [1.82, 2.24) is 10.2 Å². The molecule has 1 saturated heterocycles. The number of nitrogens with one attached hydrogen (secondary N) is 1. The molecule has 1 heterocycles. The molecule has 2 N–H and O–H groups in total. The molecule has 19 heavy (non-hydrogen) atoms. The van der Waals surface area contributed by atoms with Crippen LogP contribution in [0.15, 0.2) is 0 Å². The van der Waals surface area contributed by atoms with E-state index in [1.807, 2.05) is 27.7 Å². The lowest BCUT2D eigenvalue weighted by atomic mass is 9.76. The summed E-state index contributed by atoms with van der Waals surface area (Å²) in [7, 11) is 0. The summed E-state index contributed by atoms with van der Waals surface area (Å²) in [5.41, 5.74) is -0.763. The first-order valence-corrected chi connectivity index (χ1v) is 7.04. The molecule has 1 amide bonds. The molecule has 0 bridgehead atoms. The Labute approximate surface area is 115 Å². The summed E-state index contributed by atoms with van der Waals surface area (Å²) < 4.78 is 0. The number of aliphatic carboxylic acids is 1. The highest BCUT2D eigenvalue weighted by molar-refractivity contribution is 5.81. The number of carboxylic acid groups (broad SMARTS) is 1. The van der Waals surface area contributed by atoms with Crippen LogP contribution >= 0.6 is 0 Å². The van der Waals surface area contributed by atoms with Gasteiger partial charge in [-0.25, -0.2) is 0 Å². The standard InChI is InChI=1S/C14H26N2O3/c1-10(2)14(13(18)19)6-8-16(9-14)12(17)5-7-15-11(3)4/h10-11,15H,5-9H2,1-4H3,(H,18,19). The molecule has 110 valence electrons. The largest absolute Gasteiger partial charge is 0.481 e. The van der Waals surface area contributed by atoms with Gasteiger partial charge in [-0.05, 0) is 12.3 Å². The molecule has 1 aliphatic rings. The van der Waals surface area contributed by atoms with E-state index in [1.165, 1.54) is 0 Å². The van der Waals surface area contributed by atoms with Gasteiger partial charge in [0.15, 0.2) is 0 Å². The van der Waals surface area contributed by atoms with Crippen molar-refractivity contribution in [1.29, 1.82) is 0 Å². The Balaban J connectivity index is 2.55. The fraction of sp³-hybridized carbons (Fsp3) is 0.857. The molecule has 1 aliphatic heterocycles. The SMILES string of the molecule is CC(C)NCCC(=O)N1CCC(C(=O)O)(C(C)C)C1. The third-order valence-corrected chi connectivity index (χ3v) is 4.08. The van der Waals surface area contributed by atoms with Crippen LogP contribution in [-0.4, -0.2) is 47.6 Å². The van der Waals surface area contributed by atoms with Gasteiger partial charge in [-0.3, -0.25) is 9.59 Å². The highest BCUT2D eigenvalue weighted by Gasteiger charge is 2.48.